The van der Waals surface area contributed by atoms with E-state index in [2.05, 4.69) is 5.32 Å². The first-order valence-electron chi connectivity index (χ1n) is 8.04. The summed E-state index contributed by atoms with van der Waals surface area (Å²) in [7, 11) is 1.39. The van der Waals surface area contributed by atoms with Crippen LogP contribution in [0.3, 0.4) is 0 Å². The number of carbonyl (C=O) groups is 2. The lowest BCUT2D eigenvalue weighted by Gasteiger charge is -2.49. The Morgan fingerprint density at radius 2 is 1.95 bits per heavy atom. The number of carbonyl (C=O) groups excluding carboxylic acids is 2. The summed E-state index contributed by atoms with van der Waals surface area (Å²) in [6, 6.07) is -0.256. The Hall–Kier alpha value is -1.30. The highest BCUT2D eigenvalue weighted by Crippen LogP contribution is 2.46. The first-order chi connectivity index (χ1) is 10.2. The van der Waals surface area contributed by atoms with Gasteiger partial charge in [0, 0.05) is 12.6 Å². The summed E-state index contributed by atoms with van der Waals surface area (Å²) in [5, 5.41) is 3.35. The van der Waals surface area contributed by atoms with Crippen molar-refractivity contribution in [2.75, 3.05) is 13.7 Å². The second-order valence-corrected chi connectivity index (χ2v) is 7.34. The third kappa shape index (κ3) is 3.21. The lowest BCUT2D eigenvalue weighted by atomic mass is 9.72. The number of amides is 1. The fourth-order valence-corrected chi connectivity index (χ4v) is 3.47. The number of hydrogen-bond donors (Lipinski definition) is 1. The molecule has 1 spiro atoms. The maximum Gasteiger partial charge on any atom is 0.410 e. The Labute approximate surface area is 132 Å². The maximum atomic E-state index is 12.5. The monoisotopic (exact) mass is 312 g/mol. The van der Waals surface area contributed by atoms with Gasteiger partial charge in [-0.2, -0.15) is 0 Å². The van der Waals surface area contributed by atoms with Crippen molar-refractivity contribution < 1.29 is 19.1 Å². The molecule has 1 heterocycles. The van der Waals surface area contributed by atoms with Crippen LogP contribution in [0.5, 0.6) is 0 Å². The van der Waals surface area contributed by atoms with Crippen LogP contribution in [0.4, 0.5) is 4.79 Å². The summed E-state index contributed by atoms with van der Waals surface area (Å²) < 4.78 is 10.3. The van der Waals surface area contributed by atoms with Gasteiger partial charge >= 0.3 is 12.1 Å². The van der Waals surface area contributed by atoms with E-state index in [-0.39, 0.29) is 29.7 Å². The summed E-state index contributed by atoms with van der Waals surface area (Å²) in [6.45, 7) is 8.10. The number of hydrogen-bond acceptors (Lipinski definition) is 5. The van der Waals surface area contributed by atoms with E-state index in [9.17, 15) is 9.59 Å². The summed E-state index contributed by atoms with van der Waals surface area (Å²) in [6.07, 6.45) is 3.60. The van der Waals surface area contributed by atoms with Gasteiger partial charge in [0.2, 0.25) is 0 Å². The van der Waals surface area contributed by atoms with Crippen LogP contribution in [-0.2, 0) is 14.3 Å². The van der Waals surface area contributed by atoms with E-state index in [1.807, 2.05) is 25.7 Å². The fraction of sp³-hybridized carbons (Fsp3) is 0.875. The number of methoxy groups -OCH3 is 1. The molecule has 0 aromatic rings. The van der Waals surface area contributed by atoms with Crippen molar-refractivity contribution in [3.05, 3.63) is 0 Å². The molecule has 0 aromatic carbocycles. The Morgan fingerprint density at radius 1 is 1.32 bits per heavy atom. The van der Waals surface area contributed by atoms with Crippen molar-refractivity contribution in [2.24, 2.45) is 0 Å². The zero-order valence-corrected chi connectivity index (χ0v) is 14.3. The number of likely N-dealkylation sites (tertiary alicyclic amines) is 1. The van der Waals surface area contributed by atoms with Crippen LogP contribution >= 0.6 is 0 Å². The molecule has 1 aliphatic heterocycles. The molecule has 1 amide bonds. The van der Waals surface area contributed by atoms with Gasteiger partial charge in [0.05, 0.1) is 12.6 Å². The second kappa shape index (κ2) is 6.07. The topological polar surface area (TPSA) is 67.9 Å². The molecule has 1 saturated heterocycles. The van der Waals surface area contributed by atoms with Gasteiger partial charge in [0.25, 0.3) is 0 Å². The second-order valence-electron chi connectivity index (χ2n) is 7.34. The van der Waals surface area contributed by atoms with Crippen LogP contribution < -0.4 is 5.32 Å². The standard InChI is InChI=1S/C16H28N2O4/c1-11(13(19)21-5)17-12-7-10-18(16(12)8-6-9-16)14(20)22-15(2,3)4/h11-12,17H,6-10H2,1-5H3/t11-,12?/m1/s1. The zero-order valence-electron chi connectivity index (χ0n) is 14.3. The molecule has 1 aliphatic carbocycles. The SMILES string of the molecule is COC(=O)[C@@H](C)NC1CCN(C(=O)OC(C)(C)C)C12CCC2. The molecule has 2 aliphatic rings. The Bertz CT molecular complexity index is 440. The van der Waals surface area contributed by atoms with E-state index in [0.29, 0.717) is 6.54 Å². The van der Waals surface area contributed by atoms with Crippen LogP contribution in [0, 0.1) is 0 Å². The smallest absolute Gasteiger partial charge is 0.410 e. The molecule has 0 aromatic heterocycles. The number of rotatable bonds is 3. The molecule has 126 valence electrons. The zero-order chi connectivity index (χ0) is 16.5. The van der Waals surface area contributed by atoms with Crippen LogP contribution in [0.25, 0.3) is 0 Å². The lowest BCUT2D eigenvalue weighted by Crippen LogP contribution is -2.63. The number of ether oxygens (including phenoxy) is 2. The minimum absolute atomic E-state index is 0.114. The van der Waals surface area contributed by atoms with Gasteiger partial charge in [-0.1, -0.05) is 0 Å². The molecular formula is C16H28N2O4. The Kier molecular flexibility index (Phi) is 4.70. The first kappa shape index (κ1) is 17.1. The van der Waals surface area contributed by atoms with Crippen LogP contribution in [0.15, 0.2) is 0 Å². The summed E-state index contributed by atoms with van der Waals surface area (Å²) in [5.74, 6) is -0.273. The summed E-state index contributed by atoms with van der Waals surface area (Å²) in [5.41, 5.74) is -0.697. The highest BCUT2D eigenvalue weighted by atomic mass is 16.6. The van der Waals surface area contributed by atoms with Crippen molar-refractivity contribution in [1.29, 1.82) is 0 Å². The van der Waals surface area contributed by atoms with Gasteiger partial charge < -0.3 is 14.4 Å². The van der Waals surface area contributed by atoms with Gasteiger partial charge in [-0.15, -0.1) is 0 Å². The third-order valence-corrected chi connectivity index (χ3v) is 4.67. The number of esters is 1. The predicted molar refractivity (Wildman–Crippen MR) is 82.5 cm³/mol. The number of nitrogens with one attached hydrogen (secondary N) is 1. The van der Waals surface area contributed by atoms with Gasteiger partial charge in [-0.3, -0.25) is 10.1 Å². The molecule has 0 radical (unpaired) electrons. The minimum Gasteiger partial charge on any atom is -0.468 e. The minimum atomic E-state index is -0.493. The molecule has 22 heavy (non-hydrogen) atoms. The Morgan fingerprint density at radius 3 is 2.41 bits per heavy atom. The first-order valence-corrected chi connectivity index (χ1v) is 8.04. The van der Waals surface area contributed by atoms with E-state index in [1.54, 1.807) is 6.92 Å². The van der Waals surface area contributed by atoms with Crippen LogP contribution in [0.1, 0.15) is 53.4 Å². The molecule has 2 atom stereocenters. The van der Waals surface area contributed by atoms with Crippen LogP contribution in [0.2, 0.25) is 0 Å². The highest BCUT2D eigenvalue weighted by Gasteiger charge is 2.55. The highest BCUT2D eigenvalue weighted by molar-refractivity contribution is 5.75. The summed E-state index contributed by atoms with van der Waals surface area (Å²) in [4.78, 5) is 26.0. The molecule has 1 saturated carbocycles. The molecule has 1 N–H and O–H groups in total. The summed E-state index contributed by atoms with van der Waals surface area (Å²) >= 11 is 0. The van der Waals surface area contributed by atoms with E-state index in [4.69, 9.17) is 9.47 Å². The van der Waals surface area contributed by atoms with Crippen LogP contribution in [-0.4, -0.2) is 53.8 Å². The largest absolute Gasteiger partial charge is 0.468 e. The van der Waals surface area contributed by atoms with Gasteiger partial charge in [-0.05, 0) is 53.4 Å². The van der Waals surface area contributed by atoms with Crippen molar-refractivity contribution in [1.82, 2.24) is 10.2 Å². The van der Waals surface area contributed by atoms with E-state index in [1.165, 1.54) is 7.11 Å². The Balaban J connectivity index is 2.07. The maximum absolute atomic E-state index is 12.5. The van der Waals surface area contributed by atoms with Gasteiger partial charge in [-0.25, -0.2) is 4.79 Å². The van der Waals surface area contributed by atoms with Crippen molar-refractivity contribution in [3.8, 4) is 0 Å². The van der Waals surface area contributed by atoms with Crippen molar-refractivity contribution in [3.63, 3.8) is 0 Å². The van der Waals surface area contributed by atoms with E-state index < -0.39 is 5.60 Å². The normalized spacial score (nSPS) is 24.8. The molecular weight excluding hydrogens is 284 g/mol. The quantitative estimate of drug-likeness (QED) is 0.808. The third-order valence-electron chi connectivity index (χ3n) is 4.67. The molecule has 6 nitrogen and oxygen atoms in total. The van der Waals surface area contributed by atoms with Gasteiger partial charge in [0.15, 0.2) is 0 Å². The molecule has 0 bridgehead atoms. The lowest BCUT2D eigenvalue weighted by molar-refractivity contribution is -0.143. The molecule has 6 heteroatoms. The van der Waals surface area contributed by atoms with Crippen molar-refractivity contribution in [2.45, 2.75) is 76.6 Å². The van der Waals surface area contributed by atoms with Crippen molar-refractivity contribution >= 4 is 12.1 Å². The molecule has 2 fully saturated rings. The predicted octanol–water partition coefficient (Wildman–Crippen LogP) is 2.07. The average molecular weight is 312 g/mol. The average Bonchev–Trinajstić information content (AvgIpc) is 2.74. The van der Waals surface area contributed by atoms with Gasteiger partial charge in [0.1, 0.15) is 11.6 Å². The molecule has 1 unspecified atom stereocenters. The number of nitrogens with zero attached hydrogens (tertiary/aromatic N) is 1. The molecule has 2 rings (SSSR count). The van der Waals surface area contributed by atoms with E-state index >= 15 is 0 Å². The van der Waals surface area contributed by atoms with E-state index in [0.717, 1.165) is 25.7 Å². The fourth-order valence-electron chi connectivity index (χ4n) is 3.47.